The Balaban J connectivity index is 1.15. The zero-order chi connectivity index (χ0) is 22.6. The van der Waals surface area contributed by atoms with E-state index in [0.29, 0.717) is 25.9 Å². The number of thiophene rings is 1. The van der Waals surface area contributed by atoms with Crippen LogP contribution in [0.1, 0.15) is 28.8 Å². The first kappa shape index (κ1) is 21.2. The summed E-state index contributed by atoms with van der Waals surface area (Å²) in [6.45, 7) is 1.07. The van der Waals surface area contributed by atoms with Gasteiger partial charge in [-0.1, -0.05) is 30.3 Å². The van der Waals surface area contributed by atoms with Crippen LogP contribution in [0, 0.1) is 6.42 Å². The highest BCUT2D eigenvalue weighted by atomic mass is 32.1. The van der Waals surface area contributed by atoms with Gasteiger partial charge in [0.15, 0.2) is 0 Å². The molecular weight excluding hydrogens is 434 g/mol. The van der Waals surface area contributed by atoms with E-state index in [9.17, 15) is 9.59 Å². The molecule has 2 aromatic carbocycles. The van der Waals surface area contributed by atoms with Crippen molar-refractivity contribution in [1.29, 1.82) is 0 Å². The number of aromatic nitrogens is 2. The molecule has 1 aliphatic rings. The van der Waals surface area contributed by atoms with Crippen molar-refractivity contribution in [3.8, 4) is 0 Å². The highest BCUT2D eigenvalue weighted by Crippen LogP contribution is 2.27. The molecule has 0 atom stereocenters. The fourth-order valence-corrected chi connectivity index (χ4v) is 4.65. The molecule has 3 heterocycles. The maximum atomic E-state index is 12.6. The van der Waals surface area contributed by atoms with Crippen molar-refractivity contribution < 1.29 is 9.59 Å². The summed E-state index contributed by atoms with van der Waals surface area (Å²) < 4.78 is 0. The van der Waals surface area contributed by atoms with Crippen LogP contribution in [0.25, 0.3) is 11.0 Å². The molecule has 33 heavy (non-hydrogen) atoms. The quantitative estimate of drug-likeness (QED) is 0.390. The zero-order valence-electron chi connectivity index (χ0n) is 17.9. The summed E-state index contributed by atoms with van der Waals surface area (Å²) in [4.78, 5) is 35.5. The minimum atomic E-state index is -0.185. The van der Waals surface area contributed by atoms with Gasteiger partial charge in [-0.2, -0.15) is 0 Å². The molecule has 0 saturated heterocycles. The number of benzene rings is 2. The lowest BCUT2D eigenvalue weighted by molar-refractivity contribution is -0.123. The van der Waals surface area contributed by atoms with E-state index in [2.05, 4.69) is 38.5 Å². The van der Waals surface area contributed by atoms with E-state index >= 15 is 0 Å². The van der Waals surface area contributed by atoms with Crippen molar-refractivity contribution >= 4 is 45.8 Å². The number of hydrogen-bond acceptors (Lipinski definition) is 5. The van der Waals surface area contributed by atoms with E-state index in [-0.39, 0.29) is 18.4 Å². The van der Waals surface area contributed by atoms with Gasteiger partial charge in [-0.25, -0.2) is 4.98 Å². The Labute approximate surface area is 195 Å². The Morgan fingerprint density at radius 3 is 2.91 bits per heavy atom. The number of amides is 2. The first-order valence-corrected chi connectivity index (χ1v) is 11.7. The average Bonchev–Trinajstić information content (AvgIpc) is 3.43. The van der Waals surface area contributed by atoms with Gasteiger partial charge in [-0.05, 0) is 47.2 Å². The summed E-state index contributed by atoms with van der Waals surface area (Å²) >= 11 is 1.59. The van der Waals surface area contributed by atoms with Gasteiger partial charge in [0.25, 0.3) is 0 Å². The number of H-pyrrole nitrogens is 1. The van der Waals surface area contributed by atoms with E-state index in [0.717, 1.165) is 38.7 Å². The van der Waals surface area contributed by atoms with Crippen molar-refractivity contribution in [2.45, 2.75) is 25.9 Å². The molecule has 0 unspecified atom stereocenters. The highest BCUT2D eigenvalue weighted by molar-refractivity contribution is 7.10. The lowest BCUT2D eigenvalue weighted by Crippen LogP contribution is -2.40. The van der Waals surface area contributed by atoms with Gasteiger partial charge >= 0.3 is 0 Å². The van der Waals surface area contributed by atoms with E-state index in [1.165, 1.54) is 0 Å². The molecule has 0 aliphatic carbocycles. The first-order chi connectivity index (χ1) is 16.2. The third kappa shape index (κ3) is 4.90. The average molecular weight is 458 g/mol. The van der Waals surface area contributed by atoms with Gasteiger partial charge in [-0.15, -0.1) is 11.3 Å². The number of anilines is 2. The van der Waals surface area contributed by atoms with Gasteiger partial charge in [0.05, 0.1) is 17.6 Å². The molecule has 5 rings (SSSR count). The Bertz CT molecular complexity index is 1260. The Hall–Kier alpha value is -3.65. The Morgan fingerprint density at radius 1 is 1.15 bits per heavy atom. The minimum absolute atomic E-state index is 0.00334. The molecule has 0 fully saturated rings. The molecule has 0 spiro atoms. The third-order valence-electron chi connectivity index (χ3n) is 5.47. The number of carbonyl (C=O) groups is 2. The molecule has 2 amide bonds. The maximum Gasteiger partial charge on any atom is 0.240 e. The van der Waals surface area contributed by atoms with E-state index in [1.54, 1.807) is 16.2 Å². The predicted molar refractivity (Wildman–Crippen MR) is 130 cm³/mol. The number of carbonyl (C=O) groups excluding carboxylic acids is 2. The topological polar surface area (TPSA) is 90.1 Å². The zero-order valence-corrected chi connectivity index (χ0v) is 18.7. The standard InChI is InChI=1S/C25H23N5O2S/c31-23(15-30-22-10-4-1-6-18(22)7-5-11-24(30)32)26-14-19-12-17(16-33-19)13-27-25-28-20-8-2-3-9-21(20)29-25/h1-4,6,8-10,12,16H,5,11,13-15H2,(H,26,31)(H2,27,28,29). The molecule has 4 aromatic rings. The number of rotatable bonds is 7. The molecule has 1 aliphatic heterocycles. The second-order valence-electron chi connectivity index (χ2n) is 7.83. The number of hydrogen-bond donors (Lipinski definition) is 3. The van der Waals surface area contributed by atoms with Crippen LogP contribution in [0.4, 0.5) is 11.6 Å². The fraction of sp³-hybridized carbons (Fsp3) is 0.200. The molecule has 0 saturated carbocycles. The number of fused-ring (bicyclic) bond motifs is 2. The number of imidazole rings is 1. The van der Waals surface area contributed by atoms with Gasteiger partial charge < -0.3 is 20.5 Å². The molecule has 2 aromatic heterocycles. The number of aromatic amines is 1. The molecule has 166 valence electrons. The largest absolute Gasteiger partial charge is 0.352 e. The number of nitrogens with one attached hydrogen (secondary N) is 3. The van der Waals surface area contributed by atoms with Gasteiger partial charge in [0.1, 0.15) is 6.54 Å². The van der Waals surface area contributed by atoms with Crippen LogP contribution in [-0.4, -0.2) is 28.3 Å². The van der Waals surface area contributed by atoms with E-state index in [1.807, 2.05) is 48.5 Å². The van der Waals surface area contributed by atoms with E-state index < -0.39 is 0 Å². The molecule has 7 nitrogen and oxygen atoms in total. The summed E-state index contributed by atoms with van der Waals surface area (Å²) in [6, 6.07) is 17.5. The van der Waals surface area contributed by atoms with Crippen LogP contribution < -0.4 is 15.5 Å². The molecule has 3 N–H and O–H groups in total. The lowest BCUT2D eigenvalue weighted by atomic mass is 10.1. The Kier molecular flexibility index (Phi) is 6.08. The van der Waals surface area contributed by atoms with Crippen molar-refractivity contribution in [3.63, 3.8) is 0 Å². The van der Waals surface area contributed by atoms with Crippen LogP contribution in [0.15, 0.2) is 60.0 Å². The van der Waals surface area contributed by atoms with Crippen molar-refractivity contribution in [3.05, 3.63) is 82.4 Å². The molecule has 8 heteroatoms. The maximum absolute atomic E-state index is 12.6. The van der Waals surface area contributed by atoms with Gasteiger partial charge in [-0.3, -0.25) is 9.59 Å². The predicted octanol–water partition coefficient (Wildman–Crippen LogP) is 4.11. The van der Waals surface area contributed by atoms with E-state index in [4.69, 9.17) is 0 Å². The van der Waals surface area contributed by atoms with Crippen molar-refractivity contribution in [1.82, 2.24) is 15.3 Å². The molecular formula is C25H23N5O2S. The summed E-state index contributed by atoms with van der Waals surface area (Å²) in [5, 5.41) is 8.31. The third-order valence-corrected chi connectivity index (χ3v) is 6.45. The molecule has 0 bridgehead atoms. The monoisotopic (exact) mass is 457 g/mol. The van der Waals surface area contributed by atoms with Gasteiger partial charge in [0, 0.05) is 30.0 Å². The minimum Gasteiger partial charge on any atom is -0.352 e. The highest BCUT2D eigenvalue weighted by Gasteiger charge is 2.24. The van der Waals surface area contributed by atoms with Crippen LogP contribution in [0.2, 0.25) is 0 Å². The summed E-state index contributed by atoms with van der Waals surface area (Å²) in [5.74, 6) is 0.488. The summed E-state index contributed by atoms with van der Waals surface area (Å²) in [7, 11) is 0. The van der Waals surface area contributed by atoms with Crippen LogP contribution in [-0.2, 0) is 22.7 Å². The SMILES string of the molecule is O=C(CN1C(=O)CC[C]c2ccccc21)NCc1cc(CNc2nc3ccccc3[nH]2)cs1. The van der Waals surface area contributed by atoms with Crippen LogP contribution >= 0.6 is 11.3 Å². The first-order valence-electron chi connectivity index (χ1n) is 10.8. The van der Waals surface area contributed by atoms with Crippen molar-refractivity contribution in [2.75, 3.05) is 16.8 Å². The second-order valence-corrected chi connectivity index (χ2v) is 8.82. The summed E-state index contributed by atoms with van der Waals surface area (Å²) in [6.07, 6.45) is 4.16. The molecule has 2 radical (unpaired) electrons. The van der Waals surface area contributed by atoms with Crippen molar-refractivity contribution in [2.24, 2.45) is 0 Å². The Morgan fingerprint density at radius 2 is 2.00 bits per heavy atom. The normalized spacial score (nSPS) is 13.6. The second kappa shape index (κ2) is 9.46. The number of nitrogens with zero attached hydrogens (tertiary/aromatic N) is 2. The van der Waals surface area contributed by atoms with Crippen LogP contribution in [0.3, 0.4) is 0 Å². The smallest absolute Gasteiger partial charge is 0.240 e. The van der Waals surface area contributed by atoms with Gasteiger partial charge in [0.2, 0.25) is 17.8 Å². The number of para-hydroxylation sites is 3. The fourth-order valence-electron chi connectivity index (χ4n) is 3.82. The van der Waals surface area contributed by atoms with Crippen LogP contribution in [0.5, 0.6) is 0 Å². The summed E-state index contributed by atoms with van der Waals surface area (Å²) in [5.41, 5.74) is 4.65. The lowest BCUT2D eigenvalue weighted by Gasteiger charge is -2.22.